The van der Waals surface area contributed by atoms with Crippen LogP contribution in [0.25, 0.3) is 10.9 Å². The minimum absolute atomic E-state index is 0.0198. The first-order valence-corrected chi connectivity index (χ1v) is 13.2. The number of hydrogen-bond donors (Lipinski definition) is 0. The molecular weight excluding hydrogens is 470 g/mol. The van der Waals surface area contributed by atoms with E-state index in [9.17, 15) is 4.79 Å². The molecule has 2 bridgehead atoms. The molecule has 6 rings (SSSR count). The Morgan fingerprint density at radius 1 is 1.11 bits per heavy atom. The molecule has 0 spiro atoms. The van der Waals surface area contributed by atoms with Crippen molar-refractivity contribution in [2.24, 2.45) is 0 Å². The first-order chi connectivity index (χ1) is 17.4. The van der Waals surface area contributed by atoms with Gasteiger partial charge in [0.15, 0.2) is 0 Å². The fraction of sp³-hybridized carbons (Fsp3) is 0.448. The highest BCUT2D eigenvalue weighted by Gasteiger charge is 2.44. The standard InChI is InChI=1S/C29H30ClN5O/c1-17-32-27-6-4-3-5-23(27)28(33-17)25-16-24(25)22-10-7-18(13-26(22)30)29(36)34(2)21-14-19-8-9-20(15-21)35(19)12-11-31/h3-7,10,13,19-21,24-25H,8-9,12,14-16H2,1-2H3/t19-,20+,21?,24?,25?. The molecule has 3 aromatic rings. The van der Waals surface area contributed by atoms with Gasteiger partial charge in [-0.15, -0.1) is 0 Å². The van der Waals surface area contributed by atoms with Gasteiger partial charge in [0.25, 0.3) is 5.91 Å². The van der Waals surface area contributed by atoms with Crippen LogP contribution in [0.2, 0.25) is 5.02 Å². The van der Waals surface area contributed by atoms with Gasteiger partial charge in [-0.1, -0.05) is 35.9 Å². The third-order valence-electron chi connectivity index (χ3n) is 8.51. The summed E-state index contributed by atoms with van der Waals surface area (Å²) in [6.45, 7) is 2.43. The predicted octanol–water partition coefficient (Wildman–Crippen LogP) is 5.45. The smallest absolute Gasteiger partial charge is 0.253 e. The number of aromatic nitrogens is 2. The van der Waals surface area contributed by atoms with Crippen molar-refractivity contribution in [3.8, 4) is 6.07 Å². The second-order valence-electron chi connectivity index (χ2n) is 10.6. The quantitative estimate of drug-likeness (QED) is 0.436. The zero-order valence-electron chi connectivity index (χ0n) is 20.7. The Labute approximate surface area is 216 Å². The Morgan fingerprint density at radius 2 is 1.86 bits per heavy atom. The van der Waals surface area contributed by atoms with Gasteiger partial charge < -0.3 is 4.90 Å². The van der Waals surface area contributed by atoms with Crippen molar-refractivity contribution in [1.29, 1.82) is 5.26 Å². The van der Waals surface area contributed by atoms with Crippen LogP contribution in [0.1, 0.15) is 71.4 Å². The molecule has 36 heavy (non-hydrogen) atoms. The Kier molecular flexibility index (Phi) is 5.94. The molecule has 2 saturated heterocycles. The topological polar surface area (TPSA) is 73.1 Å². The van der Waals surface area contributed by atoms with Crippen LogP contribution in [0.15, 0.2) is 42.5 Å². The lowest BCUT2D eigenvalue weighted by Gasteiger charge is -2.41. The van der Waals surface area contributed by atoms with Crippen LogP contribution in [-0.2, 0) is 0 Å². The van der Waals surface area contributed by atoms with E-state index >= 15 is 0 Å². The fourth-order valence-electron chi connectivity index (χ4n) is 6.58. The van der Waals surface area contributed by atoms with E-state index in [0.29, 0.717) is 41.1 Å². The molecule has 6 nitrogen and oxygen atoms in total. The van der Waals surface area contributed by atoms with E-state index < -0.39 is 0 Å². The van der Waals surface area contributed by atoms with Gasteiger partial charge in [-0.25, -0.2) is 9.97 Å². The van der Waals surface area contributed by atoms with Crippen molar-refractivity contribution in [3.05, 3.63) is 70.1 Å². The maximum atomic E-state index is 13.4. The summed E-state index contributed by atoms with van der Waals surface area (Å²) in [5.41, 5.74) is 3.80. The SMILES string of the molecule is Cc1nc(C2CC2c2ccc(C(=O)N(C)C3C[C@H]4CC[C@@H](C3)N4CC#N)cc2Cl)c2ccccc2n1. The largest absolute Gasteiger partial charge is 0.339 e. The molecule has 2 aliphatic heterocycles. The minimum atomic E-state index is 0.0198. The van der Waals surface area contributed by atoms with Gasteiger partial charge in [-0.3, -0.25) is 9.69 Å². The minimum Gasteiger partial charge on any atom is -0.339 e. The van der Waals surface area contributed by atoms with E-state index in [4.69, 9.17) is 21.8 Å². The van der Waals surface area contributed by atoms with Gasteiger partial charge >= 0.3 is 0 Å². The number of rotatable bonds is 5. The molecule has 5 atom stereocenters. The molecule has 3 fully saturated rings. The Bertz CT molecular complexity index is 1370. The van der Waals surface area contributed by atoms with Crippen LogP contribution in [0.4, 0.5) is 0 Å². The van der Waals surface area contributed by atoms with Gasteiger partial charge in [0.2, 0.25) is 0 Å². The summed E-state index contributed by atoms with van der Waals surface area (Å²) in [6, 6.07) is 17.3. The number of fused-ring (bicyclic) bond motifs is 3. The summed E-state index contributed by atoms with van der Waals surface area (Å²) in [5.74, 6) is 1.42. The molecule has 3 heterocycles. The monoisotopic (exact) mass is 499 g/mol. The zero-order valence-corrected chi connectivity index (χ0v) is 21.4. The van der Waals surface area contributed by atoms with E-state index in [1.54, 1.807) is 0 Å². The van der Waals surface area contributed by atoms with Crippen LogP contribution in [0, 0.1) is 18.3 Å². The molecule has 1 amide bonds. The summed E-state index contributed by atoms with van der Waals surface area (Å²) in [6.07, 6.45) is 5.10. The number of nitriles is 1. The second-order valence-corrected chi connectivity index (χ2v) is 11.0. The van der Waals surface area contributed by atoms with Crippen molar-refractivity contribution < 1.29 is 4.79 Å². The number of nitrogens with zero attached hydrogens (tertiary/aromatic N) is 5. The molecule has 2 aromatic carbocycles. The van der Waals surface area contributed by atoms with Crippen molar-refractivity contribution >= 4 is 28.4 Å². The second kappa shape index (κ2) is 9.14. The summed E-state index contributed by atoms with van der Waals surface area (Å²) < 4.78 is 0. The average Bonchev–Trinajstić information content (AvgIpc) is 3.63. The number of hydrogen-bond acceptors (Lipinski definition) is 5. The molecular formula is C29H30ClN5O. The highest BCUT2D eigenvalue weighted by molar-refractivity contribution is 6.31. The van der Waals surface area contributed by atoms with E-state index in [2.05, 4.69) is 22.0 Å². The fourth-order valence-corrected chi connectivity index (χ4v) is 6.90. The third kappa shape index (κ3) is 4.05. The van der Waals surface area contributed by atoms with E-state index in [0.717, 1.165) is 60.1 Å². The van der Waals surface area contributed by atoms with Crippen LogP contribution in [0.3, 0.4) is 0 Å². The average molecular weight is 500 g/mol. The lowest BCUT2D eigenvalue weighted by atomic mass is 9.95. The molecule has 184 valence electrons. The van der Waals surface area contributed by atoms with Gasteiger partial charge in [0, 0.05) is 47.1 Å². The van der Waals surface area contributed by atoms with Gasteiger partial charge in [0.05, 0.1) is 23.8 Å². The predicted molar refractivity (Wildman–Crippen MR) is 140 cm³/mol. The molecule has 3 aliphatic rings. The third-order valence-corrected chi connectivity index (χ3v) is 8.84. The zero-order chi connectivity index (χ0) is 25.0. The lowest BCUT2D eigenvalue weighted by molar-refractivity contribution is 0.0535. The number of carbonyl (C=O) groups is 1. The first-order valence-electron chi connectivity index (χ1n) is 12.9. The highest BCUT2D eigenvalue weighted by Crippen LogP contribution is 2.56. The summed E-state index contributed by atoms with van der Waals surface area (Å²) in [7, 11) is 1.91. The Hall–Kier alpha value is -3.01. The number of piperidine rings is 1. The van der Waals surface area contributed by atoms with Gasteiger partial charge in [-0.2, -0.15) is 5.26 Å². The first kappa shape index (κ1) is 23.4. The van der Waals surface area contributed by atoms with E-state index in [1.165, 1.54) is 0 Å². The number of carbonyl (C=O) groups excluding carboxylic acids is 1. The van der Waals surface area contributed by atoms with Crippen molar-refractivity contribution in [2.45, 2.75) is 69.0 Å². The molecule has 7 heteroatoms. The van der Waals surface area contributed by atoms with Crippen LogP contribution in [-0.4, -0.2) is 57.4 Å². The van der Waals surface area contributed by atoms with Crippen molar-refractivity contribution in [1.82, 2.24) is 19.8 Å². The number of aryl methyl sites for hydroxylation is 1. The van der Waals surface area contributed by atoms with Crippen molar-refractivity contribution in [3.63, 3.8) is 0 Å². The van der Waals surface area contributed by atoms with Crippen LogP contribution < -0.4 is 0 Å². The molecule has 0 N–H and O–H groups in total. The van der Waals surface area contributed by atoms with Crippen LogP contribution in [0.5, 0.6) is 0 Å². The van der Waals surface area contributed by atoms with E-state index in [-0.39, 0.29) is 11.9 Å². The Balaban J connectivity index is 1.18. The van der Waals surface area contributed by atoms with Gasteiger partial charge in [0.1, 0.15) is 5.82 Å². The lowest BCUT2D eigenvalue weighted by Crippen LogP contribution is -2.50. The molecule has 3 unspecified atom stereocenters. The summed E-state index contributed by atoms with van der Waals surface area (Å²) in [4.78, 5) is 27.0. The normalized spacial score (nSPS) is 27.1. The molecule has 1 aromatic heterocycles. The van der Waals surface area contributed by atoms with E-state index in [1.807, 2.05) is 55.3 Å². The number of amides is 1. The highest BCUT2D eigenvalue weighted by atomic mass is 35.5. The van der Waals surface area contributed by atoms with Crippen molar-refractivity contribution in [2.75, 3.05) is 13.6 Å². The molecule has 0 radical (unpaired) electrons. The number of para-hydroxylation sites is 1. The number of benzene rings is 2. The molecule has 1 aliphatic carbocycles. The maximum Gasteiger partial charge on any atom is 0.253 e. The maximum absolute atomic E-state index is 13.4. The van der Waals surface area contributed by atoms with Crippen LogP contribution >= 0.6 is 11.6 Å². The molecule has 1 saturated carbocycles. The number of halogens is 1. The summed E-state index contributed by atoms with van der Waals surface area (Å²) in [5, 5.41) is 10.9. The summed E-state index contributed by atoms with van der Waals surface area (Å²) >= 11 is 6.77. The Morgan fingerprint density at radius 3 is 2.58 bits per heavy atom. The van der Waals surface area contributed by atoms with Gasteiger partial charge in [-0.05, 0) is 68.7 Å².